The van der Waals surface area contributed by atoms with E-state index in [1.165, 1.54) is 7.11 Å². The van der Waals surface area contributed by atoms with Crippen molar-refractivity contribution in [1.29, 1.82) is 0 Å². The Kier molecular flexibility index (Phi) is 6.00. The van der Waals surface area contributed by atoms with Crippen LogP contribution in [0.3, 0.4) is 0 Å². The summed E-state index contributed by atoms with van der Waals surface area (Å²) in [5, 5.41) is 0. The monoisotopic (exact) mass is 301 g/mol. The maximum absolute atomic E-state index is 10.9. The van der Waals surface area contributed by atoms with Gasteiger partial charge in [0.2, 0.25) is 0 Å². The molecule has 0 aliphatic heterocycles. The topological polar surface area (TPSA) is 61.5 Å². The molecule has 17 heavy (non-hydrogen) atoms. The van der Waals surface area contributed by atoms with E-state index in [2.05, 4.69) is 20.7 Å². The van der Waals surface area contributed by atoms with Crippen LogP contribution in [-0.2, 0) is 16.1 Å². The van der Waals surface area contributed by atoms with Gasteiger partial charge in [0, 0.05) is 18.5 Å². The van der Waals surface area contributed by atoms with Crippen molar-refractivity contribution >= 4 is 21.9 Å². The molecular formula is C12H16BrNO3. The van der Waals surface area contributed by atoms with Crippen molar-refractivity contribution in [3.8, 4) is 5.75 Å². The number of nitrogens with two attached hydrogens (primary N) is 1. The first-order chi connectivity index (χ1) is 8.19. The average Bonchev–Trinajstić information content (AvgIpc) is 2.35. The molecule has 0 saturated heterocycles. The molecule has 0 fully saturated rings. The fraction of sp³-hybridized carbons (Fsp3) is 0.417. The number of halogens is 1. The van der Waals surface area contributed by atoms with E-state index in [-0.39, 0.29) is 5.97 Å². The number of rotatable bonds is 6. The van der Waals surface area contributed by atoms with Crippen LogP contribution in [0.4, 0.5) is 0 Å². The molecular weight excluding hydrogens is 286 g/mol. The van der Waals surface area contributed by atoms with Gasteiger partial charge in [-0.2, -0.15) is 0 Å². The number of methoxy groups -OCH3 is 1. The lowest BCUT2D eigenvalue weighted by Crippen LogP contribution is -2.07. The molecule has 0 aromatic heterocycles. The van der Waals surface area contributed by atoms with E-state index in [1.54, 1.807) is 0 Å². The van der Waals surface area contributed by atoms with Gasteiger partial charge >= 0.3 is 5.97 Å². The minimum Gasteiger partial charge on any atom is -0.492 e. The summed E-state index contributed by atoms with van der Waals surface area (Å²) >= 11 is 3.41. The first-order valence-corrected chi connectivity index (χ1v) is 6.15. The molecule has 0 aliphatic carbocycles. The molecule has 1 aromatic rings. The van der Waals surface area contributed by atoms with Crippen LogP contribution in [0.2, 0.25) is 0 Å². The summed E-state index contributed by atoms with van der Waals surface area (Å²) in [7, 11) is 1.38. The molecule has 0 aliphatic rings. The first kappa shape index (κ1) is 14.0. The molecule has 0 saturated carbocycles. The fourth-order valence-corrected chi connectivity index (χ4v) is 1.89. The third-order valence-electron chi connectivity index (χ3n) is 2.27. The second kappa shape index (κ2) is 7.29. The molecule has 0 spiro atoms. The average molecular weight is 302 g/mol. The van der Waals surface area contributed by atoms with Crippen LogP contribution in [0, 0.1) is 0 Å². The largest absolute Gasteiger partial charge is 0.492 e. The Hall–Kier alpha value is -1.07. The van der Waals surface area contributed by atoms with Crippen LogP contribution in [0.25, 0.3) is 0 Å². The molecule has 0 amide bonds. The van der Waals surface area contributed by atoms with E-state index >= 15 is 0 Å². The number of para-hydroxylation sites is 1. The van der Waals surface area contributed by atoms with Gasteiger partial charge in [-0.05, 0) is 28.4 Å². The van der Waals surface area contributed by atoms with E-state index < -0.39 is 0 Å². The highest BCUT2D eigenvalue weighted by molar-refractivity contribution is 9.10. The van der Waals surface area contributed by atoms with Gasteiger partial charge in [-0.1, -0.05) is 12.1 Å². The number of carbonyl (C=O) groups excluding carboxylic acids is 1. The molecule has 2 N–H and O–H groups in total. The lowest BCUT2D eigenvalue weighted by molar-refractivity contribution is -0.140. The molecule has 4 nitrogen and oxygen atoms in total. The molecule has 0 atom stereocenters. The van der Waals surface area contributed by atoms with E-state index in [0.29, 0.717) is 26.0 Å². The number of hydrogen-bond acceptors (Lipinski definition) is 4. The van der Waals surface area contributed by atoms with Crippen LogP contribution >= 0.6 is 15.9 Å². The number of benzene rings is 1. The number of hydrogen-bond donors (Lipinski definition) is 1. The van der Waals surface area contributed by atoms with Crippen molar-refractivity contribution in [2.75, 3.05) is 13.7 Å². The van der Waals surface area contributed by atoms with Crippen LogP contribution in [0.15, 0.2) is 22.7 Å². The minimum atomic E-state index is -0.222. The van der Waals surface area contributed by atoms with Gasteiger partial charge in [-0.25, -0.2) is 0 Å². The summed E-state index contributed by atoms with van der Waals surface area (Å²) in [6.45, 7) is 0.885. The Bertz CT molecular complexity index is 382. The maximum atomic E-state index is 10.9. The Balaban J connectivity index is 2.48. The van der Waals surface area contributed by atoms with Crippen molar-refractivity contribution in [1.82, 2.24) is 0 Å². The Morgan fingerprint density at radius 1 is 1.47 bits per heavy atom. The summed E-state index contributed by atoms with van der Waals surface area (Å²) < 4.78 is 11.0. The molecule has 0 unspecified atom stereocenters. The normalized spacial score (nSPS) is 10.1. The summed E-state index contributed by atoms with van der Waals surface area (Å²) in [5.74, 6) is 0.527. The second-order valence-electron chi connectivity index (χ2n) is 3.46. The number of ether oxygens (including phenoxy) is 2. The first-order valence-electron chi connectivity index (χ1n) is 5.36. The summed E-state index contributed by atoms with van der Waals surface area (Å²) in [6.07, 6.45) is 0.983. The predicted octanol–water partition coefficient (Wildman–Crippen LogP) is 2.24. The second-order valence-corrected chi connectivity index (χ2v) is 4.31. The van der Waals surface area contributed by atoms with Crippen molar-refractivity contribution in [2.45, 2.75) is 19.4 Å². The summed E-state index contributed by atoms with van der Waals surface area (Å²) in [6, 6.07) is 5.72. The standard InChI is InChI=1S/C12H16BrNO3/c1-16-11(15)6-3-7-17-12-9(8-14)4-2-5-10(12)13/h2,4-5H,3,6-8,14H2,1H3. The lowest BCUT2D eigenvalue weighted by atomic mass is 10.2. The zero-order chi connectivity index (χ0) is 12.7. The van der Waals surface area contributed by atoms with Crippen LogP contribution in [-0.4, -0.2) is 19.7 Å². The van der Waals surface area contributed by atoms with Gasteiger partial charge in [0.05, 0.1) is 18.2 Å². The van der Waals surface area contributed by atoms with E-state index in [0.717, 1.165) is 15.8 Å². The van der Waals surface area contributed by atoms with Crippen molar-refractivity contribution in [3.05, 3.63) is 28.2 Å². The fourth-order valence-electron chi connectivity index (χ4n) is 1.37. The molecule has 0 radical (unpaired) electrons. The Labute approximate surface area is 109 Å². The highest BCUT2D eigenvalue weighted by Crippen LogP contribution is 2.28. The highest BCUT2D eigenvalue weighted by atomic mass is 79.9. The SMILES string of the molecule is COC(=O)CCCOc1c(Br)cccc1CN. The third kappa shape index (κ3) is 4.36. The molecule has 5 heteroatoms. The van der Waals surface area contributed by atoms with Crippen LogP contribution < -0.4 is 10.5 Å². The molecule has 94 valence electrons. The van der Waals surface area contributed by atoms with Gasteiger partial charge in [0.25, 0.3) is 0 Å². The molecule has 0 bridgehead atoms. The molecule has 0 heterocycles. The van der Waals surface area contributed by atoms with E-state index in [4.69, 9.17) is 10.5 Å². The van der Waals surface area contributed by atoms with Gasteiger partial charge in [0.1, 0.15) is 5.75 Å². The predicted molar refractivity (Wildman–Crippen MR) is 68.8 cm³/mol. The number of esters is 1. The van der Waals surface area contributed by atoms with E-state index in [9.17, 15) is 4.79 Å². The summed E-state index contributed by atoms with van der Waals surface area (Å²) in [5.41, 5.74) is 6.56. The Morgan fingerprint density at radius 3 is 2.88 bits per heavy atom. The molecule has 1 aromatic carbocycles. The quantitative estimate of drug-likeness (QED) is 0.646. The zero-order valence-corrected chi connectivity index (χ0v) is 11.3. The van der Waals surface area contributed by atoms with E-state index in [1.807, 2.05) is 18.2 Å². The number of carbonyl (C=O) groups is 1. The summed E-state index contributed by atoms with van der Waals surface area (Å²) in [4.78, 5) is 10.9. The molecule has 1 rings (SSSR count). The zero-order valence-electron chi connectivity index (χ0n) is 9.74. The van der Waals surface area contributed by atoms with Crippen LogP contribution in [0.1, 0.15) is 18.4 Å². The minimum absolute atomic E-state index is 0.222. The Morgan fingerprint density at radius 2 is 2.24 bits per heavy atom. The van der Waals surface area contributed by atoms with Crippen molar-refractivity contribution < 1.29 is 14.3 Å². The van der Waals surface area contributed by atoms with Gasteiger partial charge in [0.15, 0.2) is 0 Å². The van der Waals surface area contributed by atoms with Gasteiger partial charge in [-0.15, -0.1) is 0 Å². The third-order valence-corrected chi connectivity index (χ3v) is 2.89. The van der Waals surface area contributed by atoms with Crippen LogP contribution in [0.5, 0.6) is 5.75 Å². The maximum Gasteiger partial charge on any atom is 0.305 e. The smallest absolute Gasteiger partial charge is 0.305 e. The van der Waals surface area contributed by atoms with Gasteiger partial charge < -0.3 is 15.2 Å². The van der Waals surface area contributed by atoms with Crippen molar-refractivity contribution in [2.24, 2.45) is 5.73 Å². The highest BCUT2D eigenvalue weighted by Gasteiger charge is 2.07. The van der Waals surface area contributed by atoms with Crippen molar-refractivity contribution in [3.63, 3.8) is 0 Å². The van der Waals surface area contributed by atoms with Gasteiger partial charge in [-0.3, -0.25) is 4.79 Å². The lowest BCUT2D eigenvalue weighted by Gasteiger charge is -2.11.